The molecule has 1 aromatic heterocycles. The maximum atomic E-state index is 8.88. The maximum Gasteiger partial charge on any atom is 0.219 e. The molecule has 18 heavy (non-hydrogen) atoms. The number of rotatable bonds is 2. The van der Waals surface area contributed by atoms with Gasteiger partial charge in [0.05, 0.1) is 23.5 Å². The highest BCUT2D eigenvalue weighted by atomic mass is 16.5. The summed E-state index contributed by atoms with van der Waals surface area (Å²) in [5.74, 6) is 1.21. The summed E-state index contributed by atoms with van der Waals surface area (Å²) in [5.41, 5.74) is 8.60. The normalized spacial score (nSPS) is 9.83. The molecule has 0 atom stereocenters. The van der Waals surface area contributed by atoms with Crippen molar-refractivity contribution in [2.24, 2.45) is 0 Å². The summed E-state index contributed by atoms with van der Waals surface area (Å²) in [6.45, 7) is 3.81. The average molecular weight is 239 g/mol. The van der Waals surface area contributed by atoms with Gasteiger partial charge in [-0.3, -0.25) is 0 Å². The third-order valence-corrected chi connectivity index (χ3v) is 2.56. The van der Waals surface area contributed by atoms with E-state index >= 15 is 0 Å². The Balaban J connectivity index is 2.35. The van der Waals surface area contributed by atoms with Gasteiger partial charge in [-0.15, -0.1) is 0 Å². The van der Waals surface area contributed by atoms with Crippen LogP contribution in [0.5, 0.6) is 11.6 Å². The molecule has 2 rings (SSSR count). The van der Waals surface area contributed by atoms with Crippen LogP contribution in [0, 0.1) is 25.2 Å². The molecular weight excluding hydrogens is 226 g/mol. The number of nitrogens with zero attached hydrogens (tertiary/aromatic N) is 2. The number of hydrogen-bond acceptors (Lipinski definition) is 4. The van der Waals surface area contributed by atoms with Gasteiger partial charge in [-0.25, -0.2) is 4.98 Å². The van der Waals surface area contributed by atoms with Crippen molar-refractivity contribution < 1.29 is 4.74 Å². The van der Waals surface area contributed by atoms with E-state index in [9.17, 15) is 0 Å². The molecule has 0 fully saturated rings. The summed E-state index contributed by atoms with van der Waals surface area (Å²) in [5, 5.41) is 8.88. The van der Waals surface area contributed by atoms with E-state index in [1.54, 1.807) is 30.5 Å². The average Bonchev–Trinajstić information content (AvgIpc) is 2.35. The van der Waals surface area contributed by atoms with Crippen LogP contribution in [-0.4, -0.2) is 4.98 Å². The highest BCUT2D eigenvalue weighted by Crippen LogP contribution is 2.28. The van der Waals surface area contributed by atoms with Gasteiger partial charge in [0.1, 0.15) is 5.75 Å². The number of pyridine rings is 1. The molecule has 0 saturated heterocycles. The molecule has 0 radical (unpaired) electrons. The van der Waals surface area contributed by atoms with E-state index in [-0.39, 0.29) is 0 Å². The summed E-state index contributed by atoms with van der Waals surface area (Å²) in [7, 11) is 0. The van der Waals surface area contributed by atoms with Crippen LogP contribution >= 0.6 is 0 Å². The largest absolute Gasteiger partial charge is 0.438 e. The fraction of sp³-hybridized carbons (Fsp3) is 0.143. The summed E-state index contributed by atoms with van der Waals surface area (Å²) >= 11 is 0. The molecule has 90 valence electrons. The van der Waals surface area contributed by atoms with Crippen molar-refractivity contribution in [3.63, 3.8) is 0 Å². The molecule has 0 spiro atoms. The first-order chi connectivity index (χ1) is 8.60. The monoisotopic (exact) mass is 239 g/mol. The molecule has 2 aromatic rings. The standard InChI is InChI=1S/C14H13N3O/c1-9-5-11(7-15)6-10(2)14(9)18-13-4-3-12(16)8-17-13/h3-6,8H,16H2,1-2H3. The molecule has 0 bridgehead atoms. The van der Waals surface area contributed by atoms with Crippen LogP contribution < -0.4 is 10.5 Å². The van der Waals surface area contributed by atoms with Crippen LogP contribution in [0.15, 0.2) is 30.5 Å². The van der Waals surface area contributed by atoms with Gasteiger partial charge in [0.25, 0.3) is 0 Å². The Hall–Kier alpha value is -2.54. The predicted octanol–water partition coefficient (Wildman–Crippen LogP) is 2.94. The number of hydrogen-bond donors (Lipinski definition) is 1. The van der Waals surface area contributed by atoms with E-state index in [0.29, 0.717) is 17.1 Å². The number of aromatic nitrogens is 1. The van der Waals surface area contributed by atoms with Gasteiger partial charge in [0.2, 0.25) is 5.88 Å². The van der Waals surface area contributed by atoms with Gasteiger partial charge in [-0.05, 0) is 43.2 Å². The second-order valence-electron chi connectivity index (χ2n) is 4.08. The van der Waals surface area contributed by atoms with Crippen molar-refractivity contribution in [3.8, 4) is 17.7 Å². The van der Waals surface area contributed by atoms with Gasteiger partial charge < -0.3 is 10.5 Å². The molecule has 0 saturated carbocycles. The van der Waals surface area contributed by atoms with Crippen LogP contribution in [0.4, 0.5) is 5.69 Å². The summed E-state index contributed by atoms with van der Waals surface area (Å²) in [6, 6.07) is 9.15. The van der Waals surface area contributed by atoms with Crippen molar-refractivity contribution >= 4 is 5.69 Å². The minimum atomic E-state index is 0.486. The molecule has 2 N–H and O–H groups in total. The highest BCUT2D eigenvalue weighted by molar-refractivity contribution is 5.48. The van der Waals surface area contributed by atoms with Crippen LogP contribution in [0.25, 0.3) is 0 Å². The first-order valence-electron chi connectivity index (χ1n) is 5.51. The molecule has 0 unspecified atom stereocenters. The quantitative estimate of drug-likeness (QED) is 0.874. The first kappa shape index (κ1) is 11.9. The zero-order valence-corrected chi connectivity index (χ0v) is 10.3. The maximum absolute atomic E-state index is 8.88. The lowest BCUT2D eigenvalue weighted by Gasteiger charge is -2.11. The lowest BCUT2D eigenvalue weighted by molar-refractivity contribution is 0.456. The van der Waals surface area contributed by atoms with Crippen molar-refractivity contribution in [2.75, 3.05) is 5.73 Å². The molecule has 4 nitrogen and oxygen atoms in total. The smallest absolute Gasteiger partial charge is 0.219 e. The summed E-state index contributed by atoms with van der Waals surface area (Å²) in [4.78, 5) is 4.09. The van der Waals surface area contributed by atoms with E-state index in [4.69, 9.17) is 15.7 Å². The molecular formula is C14H13N3O. The number of benzene rings is 1. The van der Waals surface area contributed by atoms with Gasteiger partial charge in [-0.1, -0.05) is 0 Å². The molecule has 0 amide bonds. The Labute approximate surface area is 106 Å². The van der Waals surface area contributed by atoms with Gasteiger partial charge in [-0.2, -0.15) is 5.26 Å². The molecule has 0 aliphatic carbocycles. The molecule has 0 aliphatic rings. The Morgan fingerprint density at radius 3 is 2.39 bits per heavy atom. The van der Waals surface area contributed by atoms with Crippen molar-refractivity contribution in [3.05, 3.63) is 47.2 Å². The fourth-order valence-corrected chi connectivity index (χ4v) is 1.73. The number of nitrogen functional groups attached to an aromatic ring is 1. The van der Waals surface area contributed by atoms with E-state index < -0.39 is 0 Å². The fourth-order valence-electron chi connectivity index (χ4n) is 1.73. The zero-order valence-electron chi connectivity index (χ0n) is 10.3. The molecule has 1 aromatic carbocycles. The second kappa shape index (κ2) is 4.76. The Kier molecular flexibility index (Phi) is 3.16. The summed E-state index contributed by atoms with van der Waals surface area (Å²) in [6.07, 6.45) is 1.55. The lowest BCUT2D eigenvalue weighted by atomic mass is 10.1. The lowest BCUT2D eigenvalue weighted by Crippen LogP contribution is -1.95. The molecule has 4 heteroatoms. The van der Waals surface area contributed by atoms with Crippen molar-refractivity contribution in [2.45, 2.75) is 13.8 Å². The van der Waals surface area contributed by atoms with E-state index in [1.165, 1.54) is 0 Å². The van der Waals surface area contributed by atoms with E-state index in [0.717, 1.165) is 16.9 Å². The topological polar surface area (TPSA) is 71.9 Å². The Morgan fingerprint density at radius 1 is 1.22 bits per heavy atom. The highest BCUT2D eigenvalue weighted by Gasteiger charge is 2.08. The number of nitrogens with two attached hydrogens (primary N) is 1. The number of nitriles is 1. The van der Waals surface area contributed by atoms with Crippen LogP contribution in [-0.2, 0) is 0 Å². The number of ether oxygens (including phenoxy) is 1. The minimum absolute atomic E-state index is 0.486. The third kappa shape index (κ3) is 2.41. The predicted molar refractivity (Wildman–Crippen MR) is 69.4 cm³/mol. The second-order valence-corrected chi connectivity index (χ2v) is 4.08. The Morgan fingerprint density at radius 2 is 1.89 bits per heavy atom. The Bertz CT molecular complexity index is 589. The number of aryl methyl sites for hydroxylation is 2. The van der Waals surface area contributed by atoms with Crippen LogP contribution in [0.1, 0.15) is 16.7 Å². The van der Waals surface area contributed by atoms with Crippen molar-refractivity contribution in [1.29, 1.82) is 5.26 Å². The van der Waals surface area contributed by atoms with Gasteiger partial charge in [0.15, 0.2) is 0 Å². The number of anilines is 1. The minimum Gasteiger partial charge on any atom is -0.438 e. The zero-order chi connectivity index (χ0) is 13.1. The molecule has 0 aliphatic heterocycles. The first-order valence-corrected chi connectivity index (χ1v) is 5.51. The van der Waals surface area contributed by atoms with Gasteiger partial charge >= 0.3 is 0 Å². The SMILES string of the molecule is Cc1cc(C#N)cc(C)c1Oc1ccc(N)cn1. The summed E-state index contributed by atoms with van der Waals surface area (Å²) < 4.78 is 5.72. The molecule has 1 heterocycles. The van der Waals surface area contributed by atoms with Crippen LogP contribution in [0.2, 0.25) is 0 Å². The third-order valence-electron chi connectivity index (χ3n) is 2.56. The van der Waals surface area contributed by atoms with Crippen molar-refractivity contribution in [1.82, 2.24) is 4.98 Å². The van der Waals surface area contributed by atoms with E-state index in [1.807, 2.05) is 13.8 Å². The van der Waals surface area contributed by atoms with Crippen LogP contribution in [0.3, 0.4) is 0 Å². The van der Waals surface area contributed by atoms with Gasteiger partial charge in [0, 0.05) is 6.07 Å². The van der Waals surface area contributed by atoms with E-state index in [2.05, 4.69) is 11.1 Å².